The summed E-state index contributed by atoms with van der Waals surface area (Å²) >= 11 is 1.45. The van der Waals surface area contributed by atoms with Gasteiger partial charge in [0.1, 0.15) is 0 Å². The Balaban J connectivity index is 3.24. The number of nitrogens with zero attached hydrogens (tertiary/aromatic N) is 1. The lowest BCUT2D eigenvalue weighted by atomic mass is 10.1. The van der Waals surface area contributed by atoms with E-state index < -0.39 is 17.6 Å². The fourth-order valence-corrected chi connectivity index (χ4v) is 2.39. The van der Waals surface area contributed by atoms with Crippen LogP contribution in [-0.4, -0.2) is 16.3 Å². The highest BCUT2D eigenvalue weighted by atomic mass is 32.2. The van der Waals surface area contributed by atoms with Crippen LogP contribution in [0.1, 0.15) is 31.4 Å². The maximum Gasteiger partial charge on any atom is 0.417 e. The number of amidine groups is 1. The summed E-state index contributed by atoms with van der Waals surface area (Å²) in [6.07, 6.45) is -3.64. The lowest BCUT2D eigenvalue weighted by Gasteiger charge is -2.14. The number of thioether (sulfide) groups is 1. The third-order valence-corrected chi connectivity index (χ3v) is 3.85. The smallest absolute Gasteiger partial charge is 0.409 e. The molecule has 0 aliphatic rings. The second kappa shape index (κ2) is 6.18. The van der Waals surface area contributed by atoms with Crippen LogP contribution in [0.4, 0.5) is 13.2 Å². The number of rotatable bonds is 4. The number of halogens is 3. The topological polar surface area (TPSA) is 58.6 Å². The van der Waals surface area contributed by atoms with Gasteiger partial charge < -0.3 is 10.9 Å². The number of benzene rings is 1. The van der Waals surface area contributed by atoms with E-state index in [2.05, 4.69) is 5.16 Å². The monoisotopic (exact) mass is 292 g/mol. The molecular formula is C12H15F3N2OS. The van der Waals surface area contributed by atoms with E-state index in [-0.39, 0.29) is 10.8 Å². The Bertz CT molecular complexity index is 475. The lowest BCUT2D eigenvalue weighted by Crippen LogP contribution is -2.20. The molecule has 1 aromatic carbocycles. The minimum Gasteiger partial charge on any atom is -0.409 e. The lowest BCUT2D eigenvalue weighted by molar-refractivity contribution is -0.137. The van der Waals surface area contributed by atoms with E-state index in [1.165, 1.54) is 23.9 Å². The van der Waals surface area contributed by atoms with Crippen LogP contribution in [0.3, 0.4) is 0 Å². The van der Waals surface area contributed by atoms with Gasteiger partial charge in [0.05, 0.1) is 5.56 Å². The average molecular weight is 292 g/mol. The molecule has 0 radical (unpaired) electrons. The summed E-state index contributed by atoms with van der Waals surface area (Å²) in [6.45, 7) is 3.97. The minimum atomic E-state index is -4.54. The van der Waals surface area contributed by atoms with Crippen molar-refractivity contribution in [2.24, 2.45) is 10.9 Å². The average Bonchev–Trinajstić information content (AvgIpc) is 2.36. The maximum atomic E-state index is 12.8. The van der Waals surface area contributed by atoms with Gasteiger partial charge in [-0.1, -0.05) is 19.0 Å². The van der Waals surface area contributed by atoms with E-state index in [1.807, 2.05) is 13.8 Å². The van der Waals surface area contributed by atoms with Gasteiger partial charge in [-0.2, -0.15) is 13.2 Å². The van der Waals surface area contributed by atoms with Gasteiger partial charge in [0, 0.05) is 15.7 Å². The summed E-state index contributed by atoms with van der Waals surface area (Å²) < 4.78 is 38.4. The van der Waals surface area contributed by atoms with E-state index >= 15 is 0 Å². The van der Waals surface area contributed by atoms with Gasteiger partial charge in [-0.25, -0.2) is 0 Å². The second-order valence-corrected chi connectivity index (χ2v) is 5.54. The van der Waals surface area contributed by atoms with Crippen LogP contribution in [0.5, 0.6) is 0 Å². The molecular weight excluding hydrogens is 277 g/mol. The van der Waals surface area contributed by atoms with Crippen molar-refractivity contribution in [1.82, 2.24) is 0 Å². The van der Waals surface area contributed by atoms with E-state index in [0.29, 0.717) is 4.90 Å². The molecule has 106 valence electrons. The largest absolute Gasteiger partial charge is 0.417 e. The summed E-state index contributed by atoms with van der Waals surface area (Å²) in [6, 6.07) is 3.65. The molecule has 0 spiro atoms. The molecule has 1 rings (SSSR count). The van der Waals surface area contributed by atoms with Crippen molar-refractivity contribution < 1.29 is 18.4 Å². The molecule has 0 saturated carbocycles. The van der Waals surface area contributed by atoms with Crippen LogP contribution < -0.4 is 5.73 Å². The molecule has 0 fully saturated rings. The number of hydrogen-bond acceptors (Lipinski definition) is 3. The summed E-state index contributed by atoms with van der Waals surface area (Å²) in [5.41, 5.74) is 4.11. The molecule has 7 heteroatoms. The Morgan fingerprint density at radius 2 is 2.11 bits per heavy atom. The first kappa shape index (κ1) is 15.7. The predicted octanol–water partition coefficient (Wildman–Crippen LogP) is 3.69. The van der Waals surface area contributed by atoms with Gasteiger partial charge in [-0.15, -0.1) is 11.8 Å². The molecule has 0 saturated heterocycles. The quantitative estimate of drug-likeness (QED) is 0.292. The molecule has 19 heavy (non-hydrogen) atoms. The highest BCUT2D eigenvalue weighted by molar-refractivity contribution is 7.99. The van der Waals surface area contributed by atoms with Gasteiger partial charge in [0.2, 0.25) is 0 Å². The molecule has 1 unspecified atom stereocenters. The minimum absolute atomic E-state index is 0.275. The summed E-state index contributed by atoms with van der Waals surface area (Å²) in [4.78, 5) is 0.656. The predicted molar refractivity (Wildman–Crippen MR) is 69.6 cm³/mol. The third kappa shape index (κ3) is 4.05. The highest BCUT2D eigenvalue weighted by Crippen LogP contribution is 2.35. The Morgan fingerprint density at radius 1 is 1.47 bits per heavy atom. The Hall–Kier alpha value is -1.37. The van der Waals surface area contributed by atoms with Crippen molar-refractivity contribution >= 4 is 17.6 Å². The van der Waals surface area contributed by atoms with Gasteiger partial charge in [0.25, 0.3) is 0 Å². The van der Waals surface area contributed by atoms with Crippen LogP contribution in [0.15, 0.2) is 28.3 Å². The van der Waals surface area contributed by atoms with Crippen LogP contribution in [-0.2, 0) is 6.18 Å². The first-order valence-corrected chi connectivity index (χ1v) is 6.53. The number of nitrogens with two attached hydrogens (primary N) is 1. The zero-order valence-corrected chi connectivity index (χ0v) is 11.3. The van der Waals surface area contributed by atoms with Crippen molar-refractivity contribution in [1.29, 1.82) is 0 Å². The summed E-state index contributed by atoms with van der Waals surface area (Å²) in [7, 11) is 0. The van der Waals surface area contributed by atoms with Crippen LogP contribution in [0.25, 0.3) is 0 Å². The standard InChI is InChI=1S/C12H15F3N2OS/c1-3-7(2)19-8-4-5-10(12(13,14)15)9(6-8)11(16)17-18/h4-7,18H,3H2,1-2H3,(H2,16,17). The molecule has 0 amide bonds. The molecule has 1 atom stereocenters. The summed E-state index contributed by atoms with van der Waals surface area (Å²) in [5.74, 6) is -0.543. The van der Waals surface area contributed by atoms with Gasteiger partial charge in [-0.3, -0.25) is 0 Å². The third-order valence-electron chi connectivity index (χ3n) is 2.59. The Morgan fingerprint density at radius 3 is 2.58 bits per heavy atom. The van der Waals surface area contributed by atoms with Crippen LogP contribution in [0.2, 0.25) is 0 Å². The SMILES string of the molecule is CCC(C)Sc1ccc(C(F)(F)F)c(/C(N)=N/O)c1. The fourth-order valence-electron chi connectivity index (χ4n) is 1.43. The molecule has 1 aromatic rings. The van der Waals surface area contributed by atoms with Crippen LogP contribution >= 0.6 is 11.8 Å². The number of alkyl halides is 3. The van der Waals surface area contributed by atoms with Crippen molar-refractivity contribution in [3.8, 4) is 0 Å². The van der Waals surface area contributed by atoms with Crippen molar-refractivity contribution in [2.45, 2.75) is 36.6 Å². The summed E-state index contributed by atoms with van der Waals surface area (Å²) in [5, 5.41) is 11.5. The van der Waals surface area contributed by atoms with Crippen molar-refractivity contribution in [3.05, 3.63) is 29.3 Å². The highest BCUT2D eigenvalue weighted by Gasteiger charge is 2.34. The van der Waals surface area contributed by atoms with E-state index in [0.717, 1.165) is 12.5 Å². The zero-order chi connectivity index (χ0) is 14.6. The molecule has 3 nitrogen and oxygen atoms in total. The molecule has 0 heterocycles. The first-order valence-electron chi connectivity index (χ1n) is 5.65. The Kier molecular flexibility index (Phi) is 5.11. The van der Waals surface area contributed by atoms with E-state index in [9.17, 15) is 13.2 Å². The second-order valence-electron chi connectivity index (χ2n) is 4.03. The molecule has 3 N–H and O–H groups in total. The number of oxime groups is 1. The fraction of sp³-hybridized carbons (Fsp3) is 0.417. The molecule has 0 aliphatic heterocycles. The van der Waals surface area contributed by atoms with E-state index in [1.54, 1.807) is 0 Å². The van der Waals surface area contributed by atoms with Gasteiger partial charge in [-0.05, 0) is 24.6 Å². The molecule has 0 bridgehead atoms. The van der Waals surface area contributed by atoms with Crippen LogP contribution in [0, 0.1) is 0 Å². The molecule has 0 aromatic heterocycles. The first-order chi connectivity index (χ1) is 8.79. The zero-order valence-electron chi connectivity index (χ0n) is 10.5. The van der Waals surface area contributed by atoms with Crippen molar-refractivity contribution in [3.63, 3.8) is 0 Å². The molecule has 0 aliphatic carbocycles. The van der Waals surface area contributed by atoms with Gasteiger partial charge >= 0.3 is 6.18 Å². The van der Waals surface area contributed by atoms with Crippen molar-refractivity contribution in [2.75, 3.05) is 0 Å². The van der Waals surface area contributed by atoms with Gasteiger partial charge in [0.15, 0.2) is 5.84 Å². The van der Waals surface area contributed by atoms with E-state index in [4.69, 9.17) is 10.9 Å². The Labute approximate surface area is 113 Å². The number of hydrogen-bond donors (Lipinski definition) is 2. The normalized spacial score (nSPS) is 14.5. The maximum absolute atomic E-state index is 12.8.